The van der Waals surface area contributed by atoms with Crippen LogP contribution in [0.5, 0.6) is 0 Å². The van der Waals surface area contributed by atoms with Gasteiger partial charge in [0.25, 0.3) is 5.91 Å². The van der Waals surface area contributed by atoms with E-state index in [1.807, 2.05) is 32.6 Å². The van der Waals surface area contributed by atoms with Gasteiger partial charge in [-0.3, -0.25) is 4.79 Å². The van der Waals surface area contributed by atoms with Crippen LogP contribution >= 0.6 is 0 Å². The summed E-state index contributed by atoms with van der Waals surface area (Å²) in [6.45, 7) is 9.68. The van der Waals surface area contributed by atoms with Crippen molar-refractivity contribution in [1.82, 2.24) is 4.90 Å². The molecule has 23 heavy (non-hydrogen) atoms. The van der Waals surface area contributed by atoms with Gasteiger partial charge in [0.05, 0.1) is 17.8 Å². The van der Waals surface area contributed by atoms with E-state index < -0.39 is 0 Å². The highest BCUT2D eigenvalue weighted by Crippen LogP contribution is 2.51. The van der Waals surface area contributed by atoms with Gasteiger partial charge in [-0.1, -0.05) is 0 Å². The molecule has 1 aromatic heterocycles. The molecule has 5 nitrogen and oxygen atoms in total. The summed E-state index contributed by atoms with van der Waals surface area (Å²) in [5.41, 5.74) is 1.49. The molecule has 2 heterocycles. The number of aliphatic hydroxyl groups is 1. The smallest absolute Gasteiger partial charge is 0.257 e. The fraction of sp³-hybridized carbons (Fsp3) is 0.722. The summed E-state index contributed by atoms with van der Waals surface area (Å²) in [6, 6.07) is 0. The zero-order valence-corrected chi connectivity index (χ0v) is 14.5. The molecule has 1 aliphatic carbocycles. The maximum atomic E-state index is 12.8. The van der Waals surface area contributed by atoms with E-state index in [9.17, 15) is 9.90 Å². The van der Waals surface area contributed by atoms with Crippen LogP contribution in [-0.2, 0) is 4.74 Å². The summed E-state index contributed by atoms with van der Waals surface area (Å²) in [5, 5.41) is 10.3. The molecule has 1 saturated carbocycles. The second kappa shape index (κ2) is 5.95. The number of nitrogens with zero attached hydrogens (tertiary/aromatic N) is 1. The van der Waals surface area contributed by atoms with Gasteiger partial charge < -0.3 is 19.2 Å². The van der Waals surface area contributed by atoms with E-state index >= 15 is 0 Å². The van der Waals surface area contributed by atoms with Crippen LogP contribution in [0.15, 0.2) is 4.42 Å². The van der Waals surface area contributed by atoms with Gasteiger partial charge >= 0.3 is 0 Å². The first-order chi connectivity index (χ1) is 10.9. The van der Waals surface area contributed by atoms with E-state index in [0.717, 1.165) is 30.6 Å². The Kier molecular flexibility index (Phi) is 4.27. The van der Waals surface area contributed by atoms with E-state index in [4.69, 9.17) is 9.15 Å². The molecule has 128 valence electrons. The van der Waals surface area contributed by atoms with E-state index in [2.05, 4.69) is 0 Å². The predicted molar refractivity (Wildman–Crippen MR) is 86.5 cm³/mol. The summed E-state index contributed by atoms with van der Waals surface area (Å²) in [7, 11) is 0. The van der Waals surface area contributed by atoms with Crippen molar-refractivity contribution in [3.8, 4) is 0 Å². The molecule has 0 radical (unpaired) electrons. The van der Waals surface area contributed by atoms with Crippen LogP contribution in [0.25, 0.3) is 0 Å². The van der Waals surface area contributed by atoms with Crippen molar-refractivity contribution >= 4 is 5.91 Å². The number of carbonyl (C=O) groups excluding carboxylic acids is 1. The topological polar surface area (TPSA) is 62.9 Å². The first kappa shape index (κ1) is 16.5. The summed E-state index contributed by atoms with van der Waals surface area (Å²) in [4.78, 5) is 14.7. The van der Waals surface area contributed by atoms with Gasteiger partial charge in [0.15, 0.2) is 0 Å². The minimum Gasteiger partial charge on any atom is -0.466 e. The maximum Gasteiger partial charge on any atom is 0.257 e. The number of rotatable bonds is 3. The third kappa shape index (κ3) is 2.50. The summed E-state index contributed by atoms with van der Waals surface area (Å²) < 4.78 is 11.4. The Labute approximate surface area is 137 Å². The lowest BCUT2D eigenvalue weighted by atomic mass is 9.58. The largest absolute Gasteiger partial charge is 0.466 e. The average molecular weight is 321 g/mol. The number of piperidine rings is 1. The molecule has 5 heteroatoms. The molecule has 1 aliphatic heterocycles. The van der Waals surface area contributed by atoms with E-state index in [1.165, 1.54) is 0 Å². The molecule has 2 fully saturated rings. The lowest BCUT2D eigenvalue weighted by molar-refractivity contribution is -0.207. The zero-order chi connectivity index (χ0) is 16.8. The van der Waals surface area contributed by atoms with Crippen LogP contribution in [0.3, 0.4) is 0 Å². The summed E-state index contributed by atoms with van der Waals surface area (Å²) in [5.74, 6) is 1.56. The van der Waals surface area contributed by atoms with Gasteiger partial charge in [-0.25, -0.2) is 0 Å². The van der Waals surface area contributed by atoms with Gasteiger partial charge in [0, 0.05) is 37.1 Å². The highest BCUT2D eigenvalue weighted by Gasteiger charge is 2.56. The van der Waals surface area contributed by atoms with Gasteiger partial charge in [0.1, 0.15) is 11.5 Å². The fourth-order valence-corrected chi connectivity index (χ4v) is 4.21. The minimum atomic E-state index is -0.295. The Morgan fingerprint density at radius 2 is 1.96 bits per heavy atom. The monoisotopic (exact) mass is 321 g/mol. The van der Waals surface area contributed by atoms with Gasteiger partial charge in [0.2, 0.25) is 0 Å². The van der Waals surface area contributed by atoms with Crippen LogP contribution < -0.4 is 0 Å². The highest BCUT2D eigenvalue weighted by molar-refractivity contribution is 5.97. The lowest BCUT2D eigenvalue weighted by Gasteiger charge is -2.56. The number of ether oxygens (including phenoxy) is 1. The van der Waals surface area contributed by atoms with Crippen LogP contribution in [0.4, 0.5) is 0 Å². The minimum absolute atomic E-state index is 0.0495. The third-order valence-electron chi connectivity index (χ3n) is 5.87. The second-order valence-corrected chi connectivity index (χ2v) is 6.94. The van der Waals surface area contributed by atoms with Crippen molar-refractivity contribution in [3.05, 3.63) is 22.6 Å². The molecule has 0 aromatic carbocycles. The Hall–Kier alpha value is -1.33. The average Bonchev–Trinajstić information content (AvgIpc) is 2.79. The molecule has 2 atom stereocenters. The molecule has 3 rings (SSSR count). The lowest BCUT2D eigenvalue weighted by Crippen LogP contribution is -2.62. The Morgan fingerprint density at radius 3 is 2.43 bits per heavy atom. The van der Waals surface area contributed by atoms with Gasteiger partial charge in [-0.15, -0.1) is 0 Å². The van der Waals surface area contributed by atoms with E-state index in [1.54, 1.807) is 0 Å². The molecule has 1 amide bonds. The first-order valence-corrected chi connectivity index (χ1v) is 8.56. The fourth-order valence-electron chi connectivity index (χ4n) is 4.21. The number of hydrogen-bond acceptors (Lipinski definition) is 4. The molecular weight excluding hydrogens is 294 g/mol. The molecular formula is C18H27NO4. The predicted octanol–water partition coefficient (Wildman–Crippen LogP) is 2.60. The maximum absolute atomic E-state index is 12.8. The number of furan rings is 1. The number of amides is 1. The summed E-state index contributed by atoms with van der Waals surface area (Å²) >= 11 is 0. The van der Waals surface area contributed by atoms with E-state index in [-0.39, 0.29) is 23.5 Å². The SMILES string of the molecule is CCOC1CC(O)C12CCN(C(=O)c1c(C)oc(C)c1C)CC2. The first-order valence-electron chi connectivity index (χ1n) is 8.56. The molecule has 0 bridgehead atoms. The molecule has 2 aliphatic rings. The number of hydrogen-bond donors (Lipinski definition) is 1. The van der Waals surface area contributed by atoms with Crippen molar-refractivity contribution in [2.24, 2.45) is 5.41 Å². The number of likely N-dealkylation sites (tertiary alicyclic amines) is 1. The van der Waals surface area contributed by atoms with Crippen LogP contribution in [0.1, 0.15) is 53.6 Å². The number of aliphatic hydroxyl groups excluding tert-OH is 1. The Morgan fingerprint density at radius 1 is 1.30 bits per heavy atom. The molecule has 1 spiro atoms. The van der Waals surface area contributed by atoms with Gasteiger partial charge in [-0.2, -0.15) is 0 Å². The number of carbonyl (C=O) groups is 1. The molecule has 1 saturated heterocycles. The number of aryl methyl sites for hydroxylation is 2. The van der Waals surface area contributed by atoms with Crippen LogP contribution in [0, 0.1) is 26.2 Å². The summed E-state index contributed by atoms with van der Waals surface area (Å²) in [6.07, 6.45) is 2.18. The van der Waals surface area contributed by atoms with Crippen molar-refractivity contribution in [3.63, 3.8) is 0 Å². The van der Waals surface area contributed by atoms with Crippen LogP contribution in [0.2, 0.25) is 0 Å². The molecule has 1 N–H and O–H groups in total. The van der Waals surface area contributed by atoms with Crippen molar-refractivity contribution in [2.75, 3.05) is 19.7 Å². The standard InChI is InChI=1S/C18H27NO4/c1-5-22-15-10-14(20)18(15)6-8-19(9-7-18)17(21)16-11(2)12(3)23-13(16)4/h14-15,20H,5-10H2,1-4H3. The Bertz CT molecular complexity index is 596. The molecule has 1 aromatic rings. The second-order valence-electron chi connectivity index (χ2n) is 6.94. The van der Waals surface area contributed by atoms with Crippen molar-refractivity contribution < 1.29 is 19.1 Å². The molecule has 2 unspecified atom stereocenters. The zero-order valence-electron chi connectivity index (χ0n) is 14.5. The third-order valence-corrected chi connectivity index (χ3v) is 5.87. The van der Waals surface area contributed by atoms with Crippen molar-refractivity contribution in [1.29, 1.82) is 0 Å². The van der Waals surface area contributed by atoms with Gasteiger partial charge in [-0.05, 0) is 40.5 Å². The quantitative estimate of drug-likeness (QED) is 0.929. The van der Waals surface area contributed by atoms with Crippen molar-refractivity contribution in [2.45, 2.75) is 59.2 Å². The highest BCUT2D eigenvalue weighted by atomic mass is 16.5. The van der Waals surface area contributed by atoms with Crippen LogP contribution in [-0.4, -0.2) is 47.8 Å². The van der Waals surface area contributed by atoms with E-state index in [0.29, 0.717) is 31.0 Å². The Balaban J connectivity index is 1.70. The normalized spacial score (nSPS) is 26.4.